The molecule has 1 heterocycles. The lowest BCUT2D eigenvalue weighted by Crippen LogP contribution is -2.42. The normalized spacial score (nSPS) is 14.0. The van der Waals surface area contributed by atoms with Gasteiger partial charge >= 0.3 is 0 Å². The number of sulfonamides is 1. The zero-order valence-corrected chi connectivity index (χ0v) is 14.8. The van der Waals surface area contributed by atoms with Crippen LogP contribution in [0.15, 0.2) is 23.1 Å². The van der Waals surface area contributed by atoms with Gasteiger partial charge in [-0.15, -0.1) is 0 Å². The van der Waals surface area contributed by atoms with Crippen molar-refractivity contribution >= 4 is 27.5 Å². The highest BCUT2D eigenvalue weighted by molar-refractivity contribution is 7.89. The first kappa shape index (κ1) is 18.4. The Morgan fingerprint density at radius 1 is 1.21 bits per heavy atom. The largest absolute Gasteiger partial charge is 0.348 e. The third-order valence-corrected chi connectivity index (χ3v) is 4.80. The molecule has 0 radical (unpaired) electrons. The maximum atomic E-state index is 12.5. The number of carbonyl (C=O) groups excluding carboxylic acids is 2. The van der Waals surface area contributed by atoms with Crippen molar-refractivity contribution in [1.82, 2.24) is 9.80 Å². The number of anilines is 1. The molecule has 24 heavy (non-hydrogen) atoms. The third-order valence-electron chi connectivity index (χ3n) is 3.89. The number of nitrogens with two attached hydrogens (primary N) is 1. The van der Waals surface area contributed by atoms with Gasteiger partial charge in [-0.05, 0) is 37.2 Å². The van der Waals surface area contributed by atoms with Crippen molar-refractivity contribution in [1.29, 1.82) is 0 Å². The summed E-state index contributed by atoms with van der Waals surface area (Å²) in [5, 5.41) is 5.13. The van der Waals surface area contributed by atoms with Crippen LogP contribution in [0.1, 0.15) is 5.56 Å². The number of benzene rings is 1. The van der Waals surface area contributed by atoms with Gasteiger partial charge in [0.1, 0.15) is 0 Å². The van der Waals surface area contributed by atoms with Crippen molar-refractivity contribution in [2.45, 2.75) is 11.3 Å². The first-order chi connectivity index (χ1) is 11.1. The summed E-state index contributed by atoms with van der Waals surface area (Å²) in [5.41, 5.74) is 1.47. The van der Waals surface area contributed by atoms with Crippen LogP contribution in [0, 0.1) is 0 Å². The minimum absolute atomic E-state index is 0.0456. The fraction of sp³-hybridized carbons (Fsp3) is 0.467. The number of nitrogens with zero attached hydrogens (tertiary/aromatic N) is 3. The van der Waals surface area contributed by atoms with Crippen molar-refractivity contribution in [2.24, 2.45) is 5.14 Å². The fourth-order valence-corrected chi connectivity index (χ4v) is 3.12. The van der Waals surface area contributed by atoms with Gasteiger partial charge in [0.2, 0.25) is 21.8 Å². The number of rotatable bonds is 5. The number of hydrogen-bond donors (Lipinski definition) is 1. The standard InChI is InChI=1S/C15H22N4O4S/c1-17(2)14(20)9-18(3)10-15(21)19-7-6-11-8-12(24(16,22)23)4-5-13(11)19/h4-5,8H,6-7,9-10H2,1-3H3,(H2,16,22,23). The molecule has 0 spiro atoms. The SMILES string of the molecule is CN(CC(=O)N(C)C)CC(=O)N1CCc2cc(S(N)(=O)=O)ccc21. The Hall–Kier alpha value is -1.97. The molecule has 2 rings (SSSR count). The number of carbonyl (C=O) groups is 2. The summed E-state index contributed by atoms with van der Waals surface area (Å²) in [4.78, 5) is 28.9. The molecular formula is C15H22N4O4S. The van der Waals surface area contributed by atoms with Crippen molar-refractivity contribution in [3.05, 3.63) is 23.8 Å². The fourth-order valence-electron chi connectivity index (χ4n) is 2.56. The summed E-state index contributed by atoms with van der Waals surface area (Å²) in [7, 11) is 1.28. The molecule has 9 heteroatoms. The van der Waals surface area contributed by atoms with E-state index in [9.17, 15) is 18.0 Å². The number of likely N-dealkylation sites (N-methyl/N-ethyl adjacent to an activating group) is 2. The van der Waals surface area contributed by atoms with Crippen LogP contribution < -0.4 is 10.0 Å². The third kappa shape index (κ3) is 4.11. The molecule has 0 bridgehead atoms. The van der Waals surface area contributed by atoms with Crippen LogP contribution in [0.2, 0.25) is 0 Å². The quantitative estimate of drug-likeness (QED) is 0.749. The first-order valence-electron chi connectivity index (χ1n) is 7.44. The first-order valence-corrected chi connectivity index (χ1v) is 8.99. The molecule has 1 aliphatic rings. The molecule has 132 valence electrons. The molecule has 1 aliphatic heterocycles. The van der Waals surface area contributed by atoms with Crippen LogP contribution >= 0.6 is 0 Å². The van der Waals surface area contributed by atoms with E-state index in [-0.39, 0.29) is 29.8 Å². The Labute approximate surface area is 141 Å². The minimum Gasteiger partial charge on any atom is -0.348 e. The number of amides is 2. The van der Waals surface area contributed by atoms with Crippen molar-refractivity contribution in [2.75, 3.05) is 45.7 Å². The molecule has 0 aliphatic carbocycles. The van der Waals surface area contributed by atoms with E-state index in [1.165, 1.54) is 17.0 Å². The van der Waals surface area contributed by atoms with E-state index in [1.54, 1.807) is 37.0 Å². The van der Waals surface area contributed by atoms with E-state index in [0.717, 1.165) is 5.56 Å². The van der Waals surface area contributed by atoms with Gasteiger partial charge in [-0.2, -0.15) is 0 Å². The Bertz CT molecular complexity index is 761. The molecule has 2 amide bonds. The molecule has 0 unspecified atom stereocenters. The average molecular weight is 354 g/mol. The summed E-state index contributed by atoms with van der Waals surface area (Å²) < 4.78 is 22.8. The molecule has 0 atom stereocenters. The monoisotopic (exact) mass is 354 g/mol. The Kier molecular flexibility index (Phi) is 5.26. The van der Waals surface area contributed by atoms with Crippen molar-refractivity contribution < 1.29 is 18.0 Å². The molecule has 8 nitrogen and oxygen atoms in total. The van der Waals surface area contributed by atoms with Gasteiger partial charge in [-0.25, -0.2) is 13.6 Å². The maximum absolute atomic E-state index is 12.5. The molecular weight excluding hydrogens is 332 g/mol. The van der Waals surface area contributed by atoms with Gasteiger partial charge in [-0.3, -0.25) is 14.5 Å². The van der Waals surface area contributed by atoms with Crippen molar-refractivity contribution in [3.8, 4) is 0 Å². The summed E-state index contributed by atoms with van der Waals surface area (Å²) >= 11 is 0. The highest BCUT2D eigenvalue weighted by atomic mass is 32.2. The molecule has 0 fully saturated rings. The second-order valence-electron chi connectivity index (χ2n) is 6.09. The Balaban J connectivity index is 2.08. The number of fused-ring (bicyclic) bond motifs is 1. The highest BCUT2D eigenvalue weighted by Gasteiger charge is 2.26. The van der Waals surface area contributed by atoms with E-state index in [4.69, 9.17) is 5.14 Å². The Morgan fingerprint density at radius 3 is 2.46 bits per heavy atom. The summed E-state index contributed by atoms with van der Waals surface area (Å²) in [6, 6.07) is 4.52. The lowest BCUT2D eigenvalue weighted by Gasteiger charge is -2.23. The van der Waals surface area contributed by atoms with Crippen molar-refractivity contribution in [3.63, 3.8) is 0 Å². The van der Waals surface area contributed by atoms with Crippen LogP contribution in [-0.2, 0) is 26.0 Å². The van der Waals surface area contributed by atoms with Crippen LogP contribution in [0.3, 0.4) is 0 Å². The zero-order valence-electron chi connectivity index (χ0n) is 14.0. The van der Waals surface area contributed by atoms with Crippen LogP contribution in [-0.4, -0.2) is 70.8 Å². The predicted molar refractivity (Wildman–Crippen MR) is 90.1 cm³/mol. The second-order valence-corrected chi connectivity index (χ2v) is 7.65. The summed E-state index contributed by atoms with van der Waals surface area (Å²) in [6.45, 7) is 0.747. The Morgan fingerprint density at radius 2 is 1.88 bits per heavy atom. The summed E-state index contributed by atoms with van der Waals surface area (Å²) in [6.07, 6.45) is 0.574. The van der Waals surface area contributed by atoms with E-state index >= 15 is 0 Å². The smallest absolute Gasteiger partial charge is 0.241 e. The topological polar surface area (TPSA) is 104 Å². The van der Waals surface area contributed by atoms with Crippen LogP contribution in [0.25, 0.3) is 0 Å². The maximum Gasteiger partial charge on any atom is 0.241 e. The molecule has 0 saturated heterocycles. The van der Waals surface area contributed by atoms with Gasteiger partial charge in [0.05, 0.1) is 18.0 Å². The molecule has 0 saturated carbocycles. The average Bonchev–Trinajstić information content (AvgIpc) is 2.88. The van der Waals surface area contributed by atoms with Gasteiger partial charge in [0.15, 0.2) is 0 Å². The van der Waals surface area contributed by atoms with Gasteiger partial charge in [0.25, 0.3) is 0 Å². The van der Waals surface area contributed by atoms with E-state index in [1.807, 2.05) is 0 Å². The molecule has 1 aromatic rings. The molecule has 1 aromatic carbocycles. The van der Waals surface area contributed by atoms with Gasteiger partial charge < -0.3 is 9.80 Å². The van der Waals surface area contributed by atoms with E-state index < -0.39 is 10.0 Å². The highest BCUT2D eigenvalue weighted by Crippen LogP contribution is 2.30. The lowest BCUT2D eigenvalue weighted by atomic mass is 10.2. The van der Waals surface area contributed by atoms with E-state index in [0.29, 0.717) is 18.7 Å². The number of primary sulfonamides is 1. The van der Waals surface area contributed by atoms with Crippen LogP contribution in [0.5, 0.6) is 0 Å². The predicted octanol–water partition coefficient (Wildman–Crippen LogP) is -0.757. The van der Waals surface area contributed by atoms with Crippen LogP contribution in [0.4, 0.5) is 5.69 Å². The van der Waals surface area contributed by atoms with E-state index in [2.05, 4.69) is 0 Å². The van der Waals surface area contributed by atoms with Gasteiger partial charge in [-0.1, -0.05) is 0 Å². The number of hydrogen-bond acceptors (Lipinski definition) is 5. The summed E-state index contributed by atoms with van der Waals surface area (Å²) in [5.74, 6) is -0.212. The molecule has 2 N–H and O–H groups in total. The molecule has 0 aromatic heterocycles. The second kappa shape index (κ2) is 6.88. The lowest BCUT2D eigenvalue weighted by molar-refractivity contribution is -0.130. The minimum atomic E-state index is -3.76. The zero-order chi connectivity index (χ0) is 18.1. The van der Waals surface area contributed by atoms with Gasteiger partial charge in [0, 0.05) is 26.3 Å².